The molecule has 5 nitrogen and oxygen atoms in total. The monoisotopic (exact) mass is 249 g/mol. The van der Waals surface area contributed by atoms with Crippen LogP contribution in [0, 0.1) is 6.92 Å². The zero-order chi connectivity index (χ0) is 12.4. The van der Waals surface area contributed by atoms with Crippen molar-refractivity contribution in [2.45, 2.75) is 17.0 Å². The van der Waals surface area contributed by atoms with Crippen molar-refractivity contribution >= 4 is 17.7 Å². The van der Waals surface area contributed by atoms with E-state index in [9.17, 15) is 4.79 Å². The first-order chi connectivity index (χ1) is 8.08. The van der Waals surface area contributed by atoms with E-state index in [0.717, 1.165) is 10.9 Å². The maximum Gasteiger partial charge on any atom is 0.338 e. The van der Waals surface area contributed by atoms with Gasteiger partial charge in [0, 0.05) is 36.2 Å². The highest BCUT2D eigenvalue weighted by atomic mass is 32.2. The number of carbonyl (C=O) groups is 1. The summed E-state index contributed by atoms with van der Waals surface area (Å²) in [5.41, 5.74) is 0.982. The number of imidazole rings is 1. The quantitative estimate of drug-likeness (QED) is 0.900. The van der Waals surface area contributed by atoms with Crippen molar-refractivity contribution in [3.63, 3.8) is 0 Å². The minimum atomic E-state index is -0.978. The molecule has 0 unspecified atom stereocenters. The predicted molar refractivity (Wildman–Crippen MR) is 63.3 cm³/mol. The molecule has 0 spiro atoms. The summed E-state index contributed by atoms with van der Waals surface area (Å²) in [5.74, 6) is -0.978. The molecule has 0 fully saturated rings. The summed E-state index contributed by atoms with van der Waals surface area (Å²) in [4.78, 5) is 19.9. The highest BCUT2D eigenvalue weighted by Gasteiger charge is 2.13. The van der Waals surface area contributed by atoms with E-state index in [0.29, 0.717) is 4.90 Å². The lowest BCUT2D eigenvalue weighted by Gasteiger charge is -2.06. The fourth-order valence-electron chi connectivity index (χ4n) is 1.33. The molecule has 88 valence electrons. The Hall–Kier alpha value is -1.82. The Balaban J connectivity index is 2.41. The van der Waals surface area contributed by atoms with E-state index < -0.39 is 5.97 Å². The van der Waals surface area contributed by atoms with Gasteiger partial charge in [-0.15, -0.1) is 0 Å². The second kappa shape index (κ2) is 4.58. The fraction of sp³-hybridized carbons (Fsp3) is 0.182. The van der Waals surface area contributed by atoms with Crippen molar-refractivity contribution < 1.29 is 9.90 Å². The molecule has 0 aromatic carbocycles. The number of carboxylic acid groups (broad SMARTS) is 1. The van der Waals surface area contributed by atoms with E-state index >= 15 is 0 Å². The molecule has 0 aliphatic rings. The van der Waals surface area contributed by atoms with E-state index in [2.05, 4.69) is 9.97 Å². The number of aromatic nitrogens is 3. The van der Waals surface area contributed by atoms with E-state index in [1.807, 2.05) is 24.7 Å². The fourth-order valence-corrected chi connectivity index (χ4v) is 2.32. The van der Waals surface area contributed by atoms with Crippen LogP contribution in [0.5, 0.6) is 0 Å². The van der Waals surface area contributed by atoms with Gasteiger partial charge in [-0.1, -0.05) is 11.8 Å². The smallest absolute Gasteiger partial charge is 0.338 e. The third kappa shape index (κ3) is 2.47. The summed E-state index contributed by atoms with van der Waals surface area (Å²) in [5, 5.41) is 9.82. The Morgan fingerprint density at radius 3 is 2.82 bits per heavy atom. The predicted octanol–water partition coefficient (Wildman–Crippen LogP) is 1.97. The first-order valence-corrected chi connectivity index (χ1v) is 5.74. The summed E-state index contributed by atoms with van der Waals surface area (Å²) in [6, 6.07) is 1.75. The van der Waals surface area contributed by atoms with Crippen molar-refractivity contribution in [1.82, 2.24) is 14.5 Å². The van der Waals surface area contributed by atoms with E-state index in [-0.39, 0.29) is 5.56 Å². The Labute approximate surface area is 103 Å². The summed E-state index contributed by atoms with van der Waals surface area (Å²) in [7, 11) is 1.86. The lowest BCUT2D eigenvalue weighted by Crippen LogP contribution is -2.01. The number of carboxylic acids is 1. The van der Waals surface area contributed by atoms with Gasteiger partial charge >= 0.3 is 5.97 Å². The van der Waals surface area contributed by atoms with Crippen molar-refractivity contribution in [1.29, 1.82) is 0 Å². The van der Waals surface area contributed by atoms with Gasteiger partial charge in [0.25, 0.3) is 0 Å². The third-order valence-corrected chi connectivity index (χ3v) is 3.34. The molecule has 1 N–H and O–H groups in total. The normalized spacial score (nSPS) is 10.5. The molecule has 0 aliphatic heterocycles. The lowest BCUT2D eigenvalue weighted by atomic mass is 10.2. The van der Waals surface area contributed by atoms with Gasteiger partial charge in [0.15, 0.2) is 5.16 Å². The number of aromatic carboxylic acids is 1. The van der Waals surface area contributed by atoms with Crippen LogP contribution in [0.3, 0.4) is 0 Å². The number of aryl methyl sites for hydroxylation is 2. The van der Waals surface area contributed by atoms with Gasteiger partial charge in [0.05, 0.1) is 5.56 Å². The average Bonchev–Trinajstić information content (AvgIpc) is 2.64. The summed E-state index contributed by atoms with van der Waals surface area (Å²) in [6.45, 7) is 1.83. The van der Waals surface area contributed by atoms with Crippen LogP contribution in [0.4, 0.5) is 0 Å². The lowest BCUT2D eigenvalue weighted by molar-refractivity contribution is 0.0692. The van der Waals surface area contributed by atoms with Crippen LogP contribution < -0.4 is 0 Å². The molecule has 2 aromatic rings. The van der Waals surface area contributed by atoms with Crippen LogP contribution in [0.1, 0.15) is 16.1 Å². The number of hydrogen-bond donors (Lipinski definition) is 1. The van der Waals surface area contributed by atoms with Crippen LogP contribution >= 0.6 is 11.8 Å². The van der Waals surface area contributed by atoms with E-state index in [4.69, 9.17) is 5.11 Å². The second-order valence-electron chi connectivity index (χ2n) is 3.55. The van der Waals surface area contributed by atoms with Gasteiger partial charge in [-0.05, 0) is 13.0 Å². The standard InChI is InChI=1S/C11H11N3O2S/c1-7-5-9(8(6-13-7)10(15)16)17-11-12-3-4-14(11)2/h3-6H,1-2H3,(H,15,16). The summed E-state index contributed by atoms with van der Waals surface area (Å²) < 4.78 is 1.84. The summed E-state index contributed by atoms with van der Waals surface area (Å²) >= 11 is 1.32. The molecule has 2 heterocycles. The zero-order valence-electron chi connectivity index (χ0n) is 9.41. The minimum absolute atomic E-state index is 0.198. The van der Waals surface area contributed by atoms with Crippen LogP contribution in [0.15, 0.2) is 34.7 Å². The Morgan fingerprint density at radius 1 is 1.47 bits per heavy atom. The summed E-state index contributed by atoms with van der Waals surface area (Å²) in [6.07, 6.45) is 4.87. The van der Waals surface area contributed by atoms with E-state index in [1.165, 1.54) is 18.0 Å². The highest BCUT2D eigenvalue weighted by Crippen LogP contribution is 2.29. The average molecular weight is 249 g/mol. The minimum Gasteiger partial charge on any atom is -0.478 e. The molecule has 2 rings (SSSR count). The number of hydrogen-bond acceptors (Lipinski definition) is 4. The molecule has 6 heteroatoms. The van der Waals surface area contributed by atoms with Crippen molar-refractivity contribution in [3.8, 4) is 0 Å². The van der Waals surface area contributed by atoms with Crippen LogP contribution in [0.2, 0.25) is 0 Å². The van der Waals surface area contributed by atoms with Gasteiger partial charge in [-0.2, -0.15) is 0 Å². The van der Waals surface area contributed by atoms with Gasteiger partial charge in [0.2, 0.25) is 0 Å². The number of nitrogens with zero attached hydrogens (tertiary/aromatic N) is 3. The number of rotatable bonds is 3. The van der Waals surface area contributed by atoms with Crippen molar-refractivity contribution in [2.75, 3.05) is 0 Å². The Bertz CT molecular complexity index is 566. The molecule has 0 bridgehead atoms. The van der Waals surface area contributed by atoms with E-state index in [1.54, 1.807) is 12.3 Å². The van der Waals surface area contributed by atoms with Crippen LogP contribution in [0.25, 0.3) is 0 Å². The van der Waals surface area contributed by atoms with Crippen LogP contribution in [-0.2, 0) is 7.05 Å². The largest absolute Gasteiger partial charge is 0.478 e. The first kappa shape index (κ1) is 11.7. The van der Waals surface area contributed by atoms with Gasteiger partial charge in [-0.25, -0.2) is 9.78 Å². The topological polar surface area (TPSA) is 68.0 Å². The van der Waals surface area contributed by atoms with Gasteiger partial charge < -0.3 is 9.67 Å². The SMILES string of the molecule is Cc1cc(Sc2nccn2C)c(C(=O)O)cn1. The molecule has 0 atom stereocenters. The molecule has 0 saturated heterocycles. The highest BCUT2D eigenvalue weighted by molar-refractivity contribution is 7.99. The number of pyridine rings is 1. The Morgan fingerprint density at radius 2 is 2.24 bits per heavy atom. The van der Waals surface area contributed by atoms with Gasteiger partial charge in [0.1, 0.15) is 0 Å². The maximum atomic E-state index is 11.1. The molecular weight excluding hydrogens is 238 g/mol. The van der Waals surface area contributed by atoms with Crippen molar-refractivity contribution in [3.05, 3.63) is 35.9 Å². The molecule has 0 radical (unpaired) electrons. The zero-order valence-corrected chi connectivity index (χ0v) is 10.2. The molecule has 2 aromatic heterocycles. The molecule has 17 heavy (non-hydrogen) atoms. The second-order valence-corrected chi connectivity index (χ2v) is 4.56. The molecule has 0 aliphatic carbocycles. The molecule has 0 amide bonds. The molecule has 0 saturated carbocycles. The third-order valence-electron chi connectivity index (χ3n) is 2.21. The van der Waals surface area contributed by atoms with Crippen LogP contribution in [-0.4, -0.2) is 25.6 Å². The van der Waals surface area contributed by atoms with Gasteiger partial charge in [-0.3, -0.25) is 4.98 Å². The Kier molecular flexibility index (Phi) is 3.14. The molecular formula is C11H11N3O2S. The van der Waals surface area contributed by atoms with Crippen molar-refractivity contribution in [2.24, 2.45) is 7.05 Å². The first-order valence-electron chi connectivity index (χ1n) is 4.93. The maximum absolute atomic E-state index is 11.1.